The summed E-state index contributed by atoms with van der Waals surface area (Å²) in [5.74, 6) is 0.845. The Morgan fingerprint density at radius 3 is 2.33 bits per heavy atom. The minimum atomic E-state index is -4.56. The average Bonchev–Trinajstić information content (AvgIpc) is 2.91. The number of aromatic nitrogens is 2. The van der Waals surface area contributed by atoms with Crippen LogP contribution in [0.25, 0.3) is 5.57 Å². The Labute approximate surface area is 235 Å². The van der Waals surface area contributed by atoms with Crippen LogP contribution in [-0.4, -0.2) is 33.4 Å². The summed E-state index contributed by atoms with van der Waals surface area (Å²) < 4.78 is 44.7. The summed E-state index contributed by atoms with van der Waals surface area (Å²) in [6.07, 6.45) is 3.27. The van der Waals surface area contributed by atoms with Crippen molar-refractivity contribution >= 4 is 5.57 Å². The molecule has 0 bridgehead atoms. The van der Waals surface area contributed by atoms with Gasteiger partial charge in [-0.25, -0.2) is 0 Å². The Balaban J connectivity index is 0.000000681. The molecule has 0 saturated heterocycles. The molecule has 1 spiro atoms. The lowest BCUT2D eigenvalue weighted by molar-refractivity contribution is -0.141. The SMILES string of the molecule is CC(C)c1nc2c(c(C3=CCOCC3)c1C(O)c1ccc(C(F)(F)F)nc1)C(O)CC1(CCC1)C2.CCC(C)C. The van der Waals surface area contributed by atoms with E-state index in [1.807, 2.05) is 19.9 Å². The number of fused-ring (bicyclic) bond motifs is 1. The predicted molar refractivity (Wildman–Crippen MR) is 150 cm³/mol. The quantitative estimate of drug-likeness (QED) is 0.392. The summed E-state index contributed by atoms with van der Waals surface area (Å²) in [6, 6.07) is 2.16. The van der Waals surface area contributed by atoms with Crippen molar-refractivity contribution in [3.63, 3.8) is 0 Å². The monoisotopic (exact) mass is 560 g/mol. The van der Waals surface area contributed by atoms with Gasteiger partial charge in [0, 0.05) is 34.3 Å². The second kappa shape index (κ2) is 12.3. The molecule has 2 unspecified atom stereocenters. The highest BCUT2D eigenvalue weighted by Gasteiger charge is 2.46. The first-order valence-corrected chi connectivity index (χ1v) is 14.6. The van der Waals surface area contributed by atoms with Crippen LogP contribution in [0.5, 0.6) is 0 Å². The van der Waals surface area contributed by atoms with Crippen LogP contribution in [0.4, 0.5) is 13.2 Å². The number of nitrogens with zero attached hydrogens (tertiary/aromatic N) is 2. The van der Waals surface area contributed by atoms with Gasteiger partial charge < -0.3 is 14.9 Å². The molecule has 3 heterocycles. The molecule has 1 fully saturated rings. The minimum absolute atomic E-state index is 0.0389. The molecule has 5 nitrogen and oxygen atoms in total. The van der Waals surface area contributed by atoms with Gasteiger partial charge in [-0.15, -0.1) is 0 Å². The maximum absolute atomic E-state index is 13.1. The predicted octanol–water partition coefficient (Wildman–Crippen LogP) is 7.71. The number of halogens is 3. The van der Waals surface area contributed by atoms with Crippen LogP contribution in [0.3, 0.4) is 0 Å². The van der Waals surface area contributed by atoms with E-state index in [1.165, 1.54) is 12.5 Å². The molecule has 8 heteroatoms. The molecule has 0 aromatic carbocycles. The average molecular weight is 561 g/mol. The molecule has 0 radical (unpaired) electrons. The molecule has 2 N–H and O–H groups in total. The molecule has 2 aromatic rings. The second-order valence-electron chi connectivity index (χ2n) is 12.3. The third-order valence-electron chi connectivity index (χ3n) is 8.61. The molecule has 1 aliphatic heterocycles. The molecule has 220 valence electrons. The van der Waals surface area contributed by atoms with Gasteiger partial charge in [0.25, 0.3) is 0 Å². The van der Waals surface area contributed by atoms with Gasteiger partial charge in [0.2, 0.25) is 0 Å². The Hall–Kier alpha value is -2.29. The van der Waals surface area contributed by atoms with Crippen LogP contribution in [0.1, 0.15) is 131 Å². The number of ether oxygens (including phenoxy) is 1. The number of aliphatic hydroxyl groups excluding tert-OH is 2. The second-order valence-corrected chi connectivity index (χ2v) is 12.3. The molecule has 3 aliphatic rings. The summed E-state index contributed by atoms with van der Waals surface area (Å²) in [5, 5.41) is 23.0. The number of pyridine rings is 2. The Morgan fingerprint density at radius 1 is 1.15 bits per heavy atom. The van der Waals surface area contributed by atoms with E-state index in [0.717, 1.165) is 66.3 Å². The Kier molecular flexibility index (Phi) is 9.42. The minimum Gasteiger partial charge on any atom is -0.388 e. The highest BCUT2D eigenvalue weighted by molar-refractivity contribution is 5.74. The largest absolute Gasteiger partial charge is 0.433 e. The van der Waals surface area contributed by atoms with E-state index in [2.05, 4.69) is 25.8 Å². The molecule has 2 aromatic heterocycles. The molecular weight excluding hydrogens is 517 g/mol. The Morgan fingerprint density at radius 2 is 1.85 bits per heavy atom. The van der Waals surface area contributed by atoms with Crippen molar-refractivity contribution in [3.8, 4) is 0 Å². The van der Waals surface area contributed by atoms with E-state index < -0.39 is 24.1 Å². The molecule has 5 rings (SSSR count). The third-order valence-corrected chi connectivity index (χ3v) is 8.61. The zero-order valence-corrected chi connectivity index (χ0v) is 24.3. The fourth-order valence-corrected chi connectivity index (χ4v) is 5.89. The normalized spacial score (nSPS) is 20.9. The van der Waals surface area contributed by atoms with Crippen LogP contribution < -0.4 is 0 Å². The summed E-state index contributed by atoms with van der Waals surface area (Å²) in [7, 11) is 0. The van der Waals surface area contributed by atoms with E-state index in [9.17, 15) is 23.4 Å². The standard InChI is InChI=1S/C27H31F3N2O3.C5H12/c1-15(2)24-23(25(34)17-4-5-20(31-14-17)27(28,29)30)21(16-6-10-35-11-7-16)22-18(32-24)12-26(8-3-9-26)13-19(22)33;1-4-5(2)3/h4-6,14-15,19,25,33-34H,3,7-13H2,1-2H3;5H,4H2,1-3H3. The summed E-state index contributed by atoms with van der Waals surface area (Å²) in [4.78, 5) is 8.58. The van der Waals surface area contributed by atoms with Crippen LogP contribution in [-0.2, 0) is 17.3 Å². The molecule has 1 saturated carbocycles. The number of rotatable bonds is 5. The van der Waals surface area contributed by atoms with Crippen molar-refractivity contribution in [2.24, 2.45) is 11.3 Å². The van der Waals surface area contributed by atoms with E-state index in [4.69, 9.17) is 9.72 Å². The van der Waals surface area contributed by atoms with Crippen molar-refractivity contribution in [1.82, 2.24) is 9.97 Å². The van der Waals surface area contributed by atoms with Crippen LogP contribution in [0.2, 0.25) is 0 Å². The lowest BCUT2D eigenvalue weighted by atomic mass is 9.59. The first-order valence-electron chi connectivity index (χ1n) is 14.6. The van der Waals surface area contributed by atoms with Crippen molar-refractivity contribution in [2.45, 2.75) is 104 Å². The van der Waals surface area contributed by atoms with Gasteiger partial charge in [-0.2, -0.15) is 13.2 Å². The van der Waals surface area contributed by atoms with Gasteiger partial charge >= 0.3 is 6.18 Å². The van der Waals surface area contributed by atoms with E-state index in [-0.39, 0.29) is 16.9 Å². The Bertz CT molecular complexity index is 1200. The number of alkyl halides is 3. The van der Waals surface area contributed by atoms with Crippen molar-refractivity contribution < 1.29 is 28.1 Å². The van der Waals surface area contributed by atoms with Gasteiger partial charge in [-0.05, 0) is 66.6 Å². The van der Waals surface area contributed by atoms with Gasteiger partial charge in [-0.3, -0.25) is 9.97 Å². The summed E-state index contributed by atoms with van der Waals surface area (Å²) in [5.41, 5.74) is 4.02. The van der Waals surface area contributed by atoms with Crippen LogP contribution in [0, 0.1) is 11.3 Å². The van der Waals surface area contributed by atoms with E-state index >= 15 is 0 Å². The van der Waals surface area contributed by atoms with Crippen LogP contribution in [0.15, 0.2) is 24.4 Å². The van der Waals surface area contributed by atoms with Gasteiger partial charge in [0.1, 0.15) is 11.8 Å². The fourth-order valence-electron chi connectivity index (χ4n) is 5.89. The first kappa shape index (κ1) is 30.7. The van der Waals surface area contributed by atoms with Crippen molar-refractivity contribution in [2.75, 3.05) is 13.2 Å². The van der Waals surface area contributed by atoms with E-state index in [1.54, 1.807) is 0 Å². The van der Waals surface area contributed by atoms with Gasteiger partial charge in [0.05, 0.1) is 19.3 Å². The lowest BCUT2D eigenvalue weighted by Crippen LogP contribution is -2.38. The maximum Gasteiger partial charge on any atom is 0.433 e. The first-order chi connectivity index (χ1) is 18.9. The third kappa shape index (κ3) is 6.44. The highest BCUT2D eigenvalue weighted by atomic mass is 19.4. The highest BCUT2D eigenvalue weighted by Crippen LogP contribution is 2.55. The van der Waals surface area contributed by atoms with Crippen molar-refractivity contribution in [1.29, 1.82) is 0 Å². The zero-order valence-electron chi connectivity index (χ0n) is 24.3. The van der Waals surface area contributed by atoms with Crippen LogP contribution >= 0.6 is 0 Å². The molecule has 2 atom stereocenters. The fraction of sp³-hybridized carbons (Fsp3) is 0.625. The van der Waals surface area contributed by atoms with Crippen molar-refractivity contribution in [3.05, 3.63) is 63.7 Å². The summed E-state index contributed by atoms with van der Waals surface area (Å²) in [6.45, 7) is 11.6. The number of hydrogen-bond acceptors (Lipinski definition) is 5. The zero-order chi connectivity index (χ0) is 29.2. The van der Waals surface area contributed by atoms with Gasteiger partial charge in [-0.1, -0.05) is 59.6 Å². The maximum atomic E-state index is 13.1. The number of aliphatic hydroxyl groups is 2. The smallest absolute Gasteiger partial charge is 0.388 e. The lowest BCUT2D eigenvalue weighted by Gasteiger charge is -2.47. The van der Waals surface area contributed by atoms with E-state index in [0.29, 0.717) is 37.3 Å². The molecule has 40 heavy (non-hydrogen) atoms. The topological polar surface area (TPSA) is 75.5 Å². The molecular formula is C32H43F3N2O3. The van der Waals surface area contributed by atoms with Gasteiger partial charge in [0.15, 0.2) is 0 Å². The molecule has 0 amide bonds. The summed E-state index contributed by atoms with van der Waals surface area (Å²) >= 11 is 0. The number of hydrogen-bond donors (Lipinski definition) is 2. The molecule has 2 aliphatic carbocycles.